The summed E-state index contributed by atoms with van der Waals surface area (Å²) in [5.41, 5.74) is 2.63. The minimum absolute atomic E-state index is 0.351. The summed E-state index contributed by atoms with van der Waals surface area (Å²) in [7, 11) is 0. The topological polar surface area (TPSA) is 29.5 Å². The van der Waals surface area contributed by atoms with Crippen LogP contribution in [0.15, 0.2) is 24.3 Å². The Hall–Kier alpha value is -1.19. The average molecular weight is 332 g/mol. The highest BCUT2D eigenvalue weighted by molar-refractivity contribution is 5.79. The van der Waals surface area contributed by atoms with Crippen molar-refractivity contribution >= 4 is 5.78 Å². The molecule has 0 bridgehead atoms. The number of piperidine rings is 1. The number of hydrogen-bond acceptors (Lipinski definition) is 3. The lowest BCUT2D eigenvalue weighted by molar-refractivity contribution is -0.180. The first kappa shape index (κ1) is 19.1. The highest BCUT2D eigenvalue weighted by Gasteiger charge is 2.16. The van der Waals surface area contributed by atoms with Crippen molar-refractivity contribution in [2.24, 2.45) is 0 Å². The van der Waals surface area contributed by atoms with Gasteiger partial charge in [-0.25, -0.2) is 0 Å². The molecular weight excluding hydrogens is 298 g/mol. The summed E-state index contributed by atoms with van der Waals surface area (Å²) in [6.07, 6.45) is 12.0. The summed E-state index contributed by atoms with van der Waals surface area (Å²) in [5.74, 6) is 0.351. The van der Waals surface area contributed by atoms with Crippen molar-refractivity contribution in [2.75, 3.05) is 13.1 Å². The molecule has 2 rings (SSSR count). The Kier molecular flexibility index (Phi) is 9.07. The zero-order chi connectivity index (χ0) is 17.0. The van der Waals surface area contributed by atoms with Gasteiger partial charge < -0.3 is 0 Å². The Morgan fingerprint density at radius 3 is 2.12 bits per heavy atom. The number of carbonyl (C=O) groups is 1. The smallest absolute Gasteiger partial charge is 0.135 e. The first-order valence-electron chi connectivity index (χ1n) is 9.75. The fourth-order valence-corrected chi connectivity index (χ4v) is 3.12. The maximum absolute atomic E-state index is 11.2. The predicted molar refractivity (Wildman–Crippen MR) is 98.7 cm³/mol. The van der Waals surface area contributed by atoms with Gasteiger partial charge in [-0.3, -0.25) is 9.63 Å². The van der Waals surface area contributed by atoms with Crippen LogP contribution < -0.4 is 0 Å². The van der Waals surface area contributed by atoms with Crippen LogP contribution in [0.5, 0.6) is 0 Å². The van der Waals surface area contributed by atoms with Crippen molar-refractivity contribution in [1.82, 2.24) is 5.06 Å². The van der Waals surface area contributed by atoms with Crippen LogP contribution in [-0.2, 0) is 22.7 Å². The number of unbranched alkanes of at least 4 members (excludes halogenated alkanes) is 6. The number of ketones is 1. The van der Waals surface area contributed by atoms with E-state index in [0.29, 0.717) is 25.2 Å². The van der Waals surface area contributed by atoms with E-state index in [9.17, 15) is 4.79 Å². The summed E-state index contributed by atoms with van der Waals surface area (Å²) < 4.78 is 0. The third-order valence-electron chi connectivity index (χ3n) is 4.79. The van der Waals surface area contributed by atoms with Crippen LogP contribution in [-0.4, -0.2) is 23.9 Å². The maximum Gasteiger partial charge on any atom is 0.135 e. The van der Waals surface area contributed by atoms with Gasteiger partial charge in [0.15, 0.2) is 0 Å². The SMILES string of the molecule is CCCCCCCCCc1ccc(CON2CCC(=O)CC2)cc1. The fourth-order valence-electron chi connectivity index (χ4n) is 3.12. The molecule has 1 aliphatic heterocycles. The van der Waals surface area contributed by atoms with Gasteiger partial charge >= 0.3 is 0 Å². The number of Topliss-reactive ketones (excluding diaryl/α,β-unsaturated/α-hetero) is 1. The largest absolute Gasteiger partial charge is 0.300 e. The van der Waals surface area contributed by atoms with Gasteiger partial charge in [0.2, 0.25) is 0 Å². The average Bonchev–Trinajstić information content (AvgIpc) is 2.61. The minimum atomic E-state index is 0.351. The van der Waals surface area contributed by atoms with Gasteiger partial charge in [0.25, 0.3) is 0 Å². The molecule has 3 nitrogen and oxygen atoms in total. The number of benzene rings is 1. The van der Waals surface area contributed by atoms with E-state index in [0.717, 1.165) is 13.1 Å². The van der Waals surface area contributed by atoms with Crippen LogP contribution in [0.1, 0.15) is 75.8 Å². The van der Waals surface area contributed by atoms with Gasteiger partial charge in [-0.15, -0.1) is 0 Å². The predicted octanol–water partition coefficient (Wildman–Crippen LogP) is 5.08. The molecule has 1 heterocycles. The lowest BCUT2D eigenvalue weighted by Gasteiger charge is -2.24. The molecule has 0 unspecified atom stereocenters. The van der Waals surface area contributed by atoms with E-state index >= 15 is 0 Å². The summed E-state index contributed by atoms with van der Waals surface area (Å²) >= 11 is 0. The van der Waals surface area contributed by atoms with Crippen LogP contribution in [0.2, 0.25) is 0 Å². The van der Waals surface area contributed by atoms with Gasteiger partial charge in [-0.2, -0.15) is 5.06 Å². The summed E-state index contributed by atoms with van der Waals surface area (Å²) in [6.45, 7) is 4.33. The summed E-state index contributed by atoms with van der Waals surface area (Å²) in [5, 5.41) is 1.92. The molecule has 1 aliphatic rings. The Morgan fingerprint density at radius 2 is 1.46 bits per heavy atom. The van der Waals surface area contributed by atoms with Crippen molar-refractivity contribution in [3.05, 3.63) is 35.4 Å². The van der Waals surface area contributed by atoms with Crippen molar-refractivity contribution in [2.45, 2.75) is 77.7 Å². The Morgan fingerprint density at radius 1 is 0.875 bits per heavy atom. The van der Waals surface area contributed by atoms with Crippen LogP contribution in [0.3, 0.4) is 0 Å². The van der Waals surface area contributed by atoms with E-state index in [1.54, 1.807) is 0 Å². The van der Waals surface area contributed by atoms with E-state index in [2.05, 4.69) is 31.2 Å². The normalized spacial score (nSPS) is 15.8. The van der Waals surface area contributed by atoms with Gasteiger partial charge in [-0.1, -0.05) is 69.7 Å². The number of nitrogens with zero attached hydrogens (tertiary/aromatic N) is 1. The van der Waals surface area contributed by atoms with Gasteiger partial charge in [0.05, 0.1) is 6.61 Å². The Labute approximate surface area is 147 Å². The van der Waals surface area contributed by atoms with Crippen molar-refractivity contribution in [3.8, 4) is 0 Å². The molecule has 0 radical (unpaired) electrons. The third kappa shape index (κ3) is 7.59. The number of rotatable bonds is 11. The van der Waals surface area contributed by atoms with E-state index in [1.807, 2.05) is 5.06 Å². The number of hydroxylamine groups is 2. The Bertz CT molecular complexity index is 459. The van der Waals surface area contributed by atoms with Crippen molar-refractivity contribution in [1.29, 1.82) is 0 Å². The molecule has 0 spiro atoms. The zero-order valence-corrected chi connectivity index (χ0v) is 15.3. The first-order chi connectivity index (χ1) is 11.8. The fraction of sp³-hybridized carbons (Fsp3) is 0.667. The molecule has 24 heavy (non-hydrogen) atoms. The highest BCUT2D eigenvalue weighted by atomic mass is 16.7. The number of hydrogen-bond donors (Lipinski definition) is 0. The van der Waals surface area contributed by atoms with Crippen LogP contribution in [0, 0.1) is 0 Å². The van der Waals surface area contributed by atoms with Gasteiger partial charge in [0, 0.05) is 25.9 Å². The molecule has 0 saturated carbocycles. The lowest BCUT2D eigenvalue weighted by Crippen LogP contribution is -2.33. The summed E-state index contributed by atoms with van der Waals surface area (Å²) in [6, 6.07) is 8.81. The van der Waals surface area contributed by atoms with E-state index in [1.165, 1.54) is 62.5 Å². The second kappa shape index (κ2) is 11.4. The van der Waals surface area contributed by atoms with E-state index < -0.39 is 0 Å². The Balaban J connectivity index is 1.57. The standard InChI is InChI=1S/C21H33NO2/c1-2-3-4-5-6-7-8-9-19-10-12-20(13-11-19)18-24-22-16-14-21(23)15-17-22/h10-13H,2-9,14-18H2,1H3. The van der Waals surface area contributed by atoms with Gasteiger partial charge in [0.1, 0.15) is 5.78 Å². The zero-order valence-electron chi connectivity index (χ0n) is 15.3. The third-order valence-corrected chi connectivity index (χ3v) is 4.79. The van der Waals surface area contributed by atoms with Crippen LogP contribution in [0.25, 0.3) is 0 Å². The molecule has 3 heteroatoms. The maximum atomic E-state index is 11.2. The molecule has 1 saturated heterocycles. The molecule has 0 atom stereocenters. The minimum Gasteiger partial charge on any atom is -0.300 e. The molecule has 0 amide bonds. The summed E-state index contributed by atoms with van der Waals surface area (Å²) in [4.78, 5) is 17.0. The van der Waals surface area contributed by atoms with Gasteiger partial charge in [-0.05, 0) is 24.0 Å². The molecule has 134 valence electrons. The highest BCUT2D eigenvalue weighted by Crippen LogP contribution is 2.13. The molecule has 1 aromatic rings. The van der Waals surface area contributed by atoms with E-state index in [-0.39, 0.29) is 0 Å². The molecule has 1 aromatic carbocycles. The molecule has 1 fully saturated rings. The molecule has 0 aromatic heterocycles. The lowest BCUT2D eigenvalue weighted by atomic mass is 10.0. The number of carbonyl (C=O) groups excluding carboxylic acids is 1. The first-order valence-corrected chi connectivity index (χ1v) is 9.75. The van der Waals surface area contributed by atoms with Crippen molar-refractivity contribution < 1.29 is 9.63 Å². The van der Waals surface area contributed by atoms with E-state index in [4.69, 9.17) is 4.84 Å². The molecular formula is C21H33NO2. The van der Waals surface area contributed by atoms with Crippen LogP contribution in [0.4, 0.5) is 0 Å². The second-order valence-corrected chi connectivity index (χ2v) is 6.93. The molecule has 0 aliphatic carbocycles. The number of aryl methyl sites for hydroxylation is 1. The monoisotopic (exact) mass is 331 g/mol. The van der Waals surface area contributed by atoms with Crippen LogP contribution >= 0.6 is 0 Å². The molecule has 0 N–H and O–H groups in total. The van der Waals surface area contributed by atoms with Crippen molar-refractivity contribution in [3.63, 3.8) is 0 Å². The quantitative estimate of drug-likeness (QED) is 0.530. The second-order valence-electron chi connectivity index (χ2n) is 6.93.